The van der Waals surface area contributed by atoms with Gasteiger partial charge in [-0.3, -0.25) is 4.68 Å². The minimum atomic E-state index is -0.893. The van der Waals surface area contributed by atoms with Crippen molar-refractivity contribution in [2.75, 3.05) is 0 Å². The molecule has 0 saturated carbocycles. The van der Waals surface area contributed by atoms with Crippen molar-refractivity contribution in [1.29, 1.82) is 0 Å². The van der Waals surface area contributed by atoms with Gasteiger partial charge in [0.1, 0.15) is 0 Å². The molecule has 0 amide bonds. The second-order valence-electron chi connectivity index (χ2n) is 4.55. The van der Waals surface area contributed by atoms with Gasteiger partial charge >= 0.3 is 5.97 Å². The lowest BCUT2D eigenvalue weighted by Crippen LogP contribution is -2.01. The predicted molar refractivity (Wildman–Crippen MR) is 69.8 cm³/mol. The van der Waals surface area contributed by atoms with Crippen molar-refractivity contribution in [2.24, 2.45) is 7.05 Å². The van der Waals surface area contributed by atoms with E-state index in [0.29, 0.717) is 5.56 Å². The highest BCUT2D eigenvalue weighted by atomic mass is 16.4. The molecule has 18 heavy (non-hydrogen) atoms. The smallest absolute Gasteiger partial charge is 0.335 e. The second-order valence-corrected chi connectivity index (χ2v) is 4.55. The van der Waals surface area contributed by atoms with E-state index >= 15 is 0 Å². The highest BCUT2D eigenvalue weighted by Crippen LogP contribution is 2.28. The average Bonchev–Trinajstić information content (AvgIpc) is 2.60. The number of benzene rings is 1. The van der Waals surface area contributed by atoms with E-state index in [1.807, 2.05) is 33.9 Å². The fraction of sp³-hybridized carbons (Fsp3) is 0.286. The molecule has 0 unspecified atom stereocenters. The molecule has 0 atom stereocenters. The Hall–Kier alpha value is -2.10. The lowest BCUT2D eigenvalue weighted by Gasteiger charge is -2.09. The number of carbonyl (C=O) groups is 1. The number of carboxylic acids is 1. The average molecular weight is 244 g/mol. The largest absolute Gasteiger partial charge is 0.478 e. The molecular weight excluding hydrogens is 228 g/mol. The molecule has 0 aliphatic heterocycles. The van der Waals surface area contributed by atoms with E-state index in [4.69, 9.17) is 0 Å². The van der Waals surface area contributed by atoms with Crippen molar-refractivity contribution in [3.05, 3.63) is 40.7 Å². The standard InChI is InChI=1S/C14H16N2O2/c1-8-5-9(2)12(14(17)18)6-11(8)13-7-15-16(4)10(13)3/h5-7H,1-4H3,(H,17,18). The first-order valence-corrected chi connectivity index (χ1v) is 5.75. The van der Waals surface area contributed by atoms with Gasteiger partial charge in [-0.15, -0.1) is 0 Å². The molecule has 1 aromatic carbocycles. The van der Waals surface area contributed by atoms with Crippen LogP contribution in [0.5, 0.6) is 0 Å². The normalized spacial score (nSPS) is 10.7. The summed E-state index contributed by atoms with van der Waals surface area (Å²) < 4.78 is 1.79. The minimum absolute atomic E-state index is 0.346. The zero-order chi connectivity index (χ0) is 13.4. The maximum absolute atomic E-state index is 11.2. The molecule has 94 valence electrons. The Kier molecular flexibility index (Phi) is 2.95. The van der Waals surface area contributed by atoms with E-state index in [0.717, 1.165) is 27.9 Å². The van der Waals surface area contributed by atoms with Crippen LogP contribution in [0.15, 0.2) is 18.3 Å². The van der Waals surface area contributed by atoms with Crippen molar-refractivity contribution in [3.63, 3.8) is 0 Å². The third-order valence-electron chi connectivity index (χ3n) is 3.33. The summed E-state index contributed by atoms with van der Waals surface area (Å²) in [7, 11) is 1.88. The second kappa shape index (κ2) is 4.29. The molecule has 1 heterocycles. The molecule has 1 N–H and O–H groups in total. The minimum Gasteiger partial charge on any atom is -0.478 e. The number of hydrogen-bond acceptors (Lipinski definition) is 2. The van der Waals surface area contributed by atoms with Crippen LogP contribution in [0.1, 0.15) is 27.2 Å². The van der Waals surface area contributed by atoms with Crippen molar-refractivity contribution < 1.29 is 9.90 Å². The monoisotopic (exact) mass is 244 g/mol. The van der Waals surface area contributed by atoms with E-state index in [-0.39, 0.29) is 0 Å². The van der Waals surface area contributed by atoms with Gasteiger partial charge in [-0.25, -0.2) is 4.79 Å². The van der Waals surface area contributed by atoms with Gasteiger partial charge in [-0.05, 0) is 43.5 Å². The maximum atomic E-state index is 11.2. The Morgan fingerprint density at radius 2 is 1.83 bits per heavy atom. The Balaban J connectivity index is 2.68. The first-order chi connectivity index (χ1) is 8.41. The molecule has 2 aromatic rings. The predicted octanol–water partition coefficient (Wildman–Crippen LogP) is 2.71. The molecule has 0 fully saturated rings. The molecule has 4 nitrogen and oxygen atoms in total. The number of aromatic nitrogens is 2. The van der Waals surface area contributed by atoms with E-state index in [1.165, 1.54) is 0 Å². The number of hydrogen-bond donors (Lipinski definition) is 1. The Morgan fingerprint density at radius 3 is 2.33 bits per heavy atom. The van der Waals surface area contributed by atoms with Gasteiger partial charge in [0.05, 0.1) is 11.8 Å². The fourth-order valence-corrected chi connectivity index (χ4v) is 2.14. The first kappa shape index (κ1) is 12.4. The van der Waals surface area contributed by atoms with Crippen LogP contribution in [0.4, 0.5) is 0 Å². The molecule has 1 aromatic heterocycles. The maximum Gasteiger partial charge on any atom is 0.335 e. The molecule has 0 radical (unpaired) electrons. The zero-order valence-electron chi connectivity index (χ0n) is 11.0. The topological polar surface area (TPSA) is 55.1 Å². The lowest BCUT2D eigenvalue weighted by atomic mass is 9.95. The fourth-order valence-electron chi connectivity index (χ4n) is 2.14. The molecule has 0 saturated heterocycles. The molecule has 2 rings (SSSR count). The molecule has 0 bridgehead atoms. The summed E-state index contributed by atoms with van der Waals surface area (Å²) >= 11 is 0. The first-order valence-electron chi connectivity index (χ1n) is 5.75. The number of nitrogens with zero attached hydrogens (tertiary/aromatic N) is 2. The highest BCUT2D eigenvalue weighted by Gasteiger charge is 2.14. The zero-order valence-corrected chi connectivity index (χ0v) is 11.0. The SMILES string of the molecule is Cc1cc(C)c(-c2cnn(C)c2C)cc1C(=O)O. The van der Waals surface area contributed by atoms with E-state index in [1.54, 1.807) is 16.9 Å². The summed E-state index contributed by atoms with van der Waals surface area (Å²) in [6.07, 6.45) is 1.78. The van der Waals surface area contributed by atoms with Crippen LogP contribution in [-0.4, -0.2) is 20.9 Å². The summed E-state index contributed by atoms with van der Waals surface area (Å²) in [5, 5.41) is 13.4. The number of rotatable bonds is 2. The van der Waals surface area contributed by atoms with Gasteiger partial charge < -0.3 is 5.11 Å². The van der Waals surface area contributed by atoms with Crippen LogP contribution >= 0.6 is 0 Å². The van der Waals surface area contributed by atoms with Gasteiger partial charge in [0.25, 0.3) is 0 Å². The van der Waals surface area contributed by atoms with Crippen LogP contribution in [0, 0.1) is 20.8 Å². The van der Waals surface area contributed by atoms with Crippen molar-refractivity contribution in [1.82, 2.24) is 9.78 Å². The van der Waals surface area contributed by atoms with Gasteiger partial charge in [0.2, 0.25) is 0 Å². The van der Waals surface area contributed by atoms with Crippen molar-refractivity contribution in [3.8, 4) is 11.1 Å². The number of carboxylic acid groups (broad SMARTS) is 1. The van der Waals surface area contributed by atoms with Crippen LogP contribution in [0.25, 0.3) is 11.1 Å². The summed E-state index contributed by atoms with van der Waals surface area (Å²) in [4.78, 5) is 11.2. The lowest BCUT2D eigenvalue weighted by molar-refractivity contribution is 0.0696. The van der Waals surface area contributed by atoms with E-state index < -0.39 is 5.97 Å². The molecule has 0 aliphatic carbocycles. The van der Waals surface area contributed by atoms with E-state index in [2.05, 4.69) is 5.10 Å². The third kappa shape index (κ3) is 1.90. The van der Waals surface area contributed by atoms with Crippen LogP contribution in [-0.2, 0) is 7.05 Å². The number of aromatic carboxylic acids is 1. The quantitative estimate of drug-likeness (QED) is 0.883. The third-order valence-corrected chi connectivity index (χ3v) is 3.33. The summed E-state index contributed by atoms with van der Waals surface area (Å²) in [6.45, 7) is 5.78. The Bertz CT molecular complexity index is 627. The van der Waals surface area contributed by atoms with Crippen LogP contribution < -0.4 is 0 Å². The molecule has 0 aliphatic rings. The number of aryl methyl sites for hydroxylation is 3. The molecular formula is C14H16N2O2. The van der Waals surface area contributed by atoms with Gasteiger partial charge in [-0.1, -0.05) is 6.07 Å². The van der Waals surface area contributed by atoms with Crippen molar-refractivity contribution >= 4 is 5.97 Å². The van der Waals surface area contributed by atoms with Crippen LogP contribution in [0.2, 0.25) is 0 Å². The summed E-state index contributed by atoms with van der Waals surface area (Å²) in [5.74, 6) is -0.893. The summed E-state index contributed by atoms with van der Waals surface area (Å²) in [6, 6.07) is 3.64. The van der Waals surface area contributed by atoms with E-state index in [9.17, 15) is 9.90 Å². The van der Waals surface area contributed by atoms with Crippen LogP contribution in [0.3, 0.4) is 0 Å². The van der Waals surface area contributed by atoms with Gasteiger partial charge in [-0.2, -0.15) is 5.10 Å². The Labute approximate surface area is 106 Å². The van der Waals surface area contributed by atoms with Gasteiger partial charge in [0, 0.05) is 18.3 Å². The van der Waals surface area contributed by atoms with Crippen molar-refractivity contribution in [2.45, 2.75) is 20.8 Å². The molecule has 4 heteroatoms. The van der Waals surface area contributed by atoms with Gasteiger partial charge in [0.15, 0.2) is 0 Å². The highest BCUT2D eigenvalue weighted by molar-refractivity contribution is 5.91. The Morgan fingerprint density at radius 1 is 1.17 bits per heavy atom. The summed E-state index contributed by atoms with van der Waals surface area (Å²) in [5.41, 5.74) is 5.14. The molecule has 0 spiro atoms.